The molecule has 0 amide bonds. The average molecular weight is 289 g/mol. The summed E-state index contributed by atoms with van der Waals surface area (Å²) in [5.74, 6) is 0.373. The van der Waals surface area contributed by atoms with Crippen molar-refractivity contribution in [1.29, 1.82) is 0 Å². The summed E-state index contributed by atoms with van der Waals surface area (Å²) in [4.78, 5) is 0. The summed E-state index contributed by atoms with van der Waals surface area (Å²) >= 11 is 0. The molecular formula is C17H20FNO2. The summed E-state index contributed by atoms with van der Waals surface area (Å²) in [5.41, 5.74) is 2.03. The van der Waals surface area contributed by atoms with Crippen LogP contribution in [0.4, 0.5) is 4.39 Å². The van der Waals surface area contributed by atoms with Gasteiger partial charge in [0.15, 0.2) is 0 Å². The van der Waals surface area contributed by atoms with Crippen molar-refractivity contribution in [3.63, 3.8) is 0 Å². The second kappa shape index (κ2) is 5.17. The smallest absolute Gasteiger partial charge is 0.130 e. The molecule has 0 aromatic heterocycles. The normalized spacial score (nSPS) is 29.1. The minimum absolute atomic E-state index is 0.0732. The standard InChI is InChI=1S/C17H20FNO2/c1-3-17-7-5-4-6-11(16(17)19-20)8-13-14(17)9-12(21-2)10-15(13)18/h4-5,9-11,20H,3,6-8H2,1-2H3/b19-16-. The molecule has 1 aromatic rings. The van der Waals surface area contributed by atoms with Gasteiger partial charge in [0.25, 0.3) is 0 Å². The zero-order chi connectivity index (χ0) is 15.0. The maximum absolute atomic E-state index is 14.5. The fourth-order valence-electron chi connectivity index (χ4n) is 3.88. The summed E-state index contributed by atoms with van der Waals surface area (Å²) < 4.78 is 19.7. The van der Waals surface area contributed by atoms with Gasteiger partial charge in [-0.25, -0.2) is 4.39 Å². The van der Waals surface area contributed by atoms with Crippen LogP contribution in [0.25, 0.3) is 0 Å². The van der Waals surface area contributed by atoms with Crippen molar-refractivity contribution in [2.75, 3.05) is 7.11 Å². The van der Waals surface area contributed by atoms with Gasteiger partial charge in [0.1, 0.15) is 11.6 Å². The second-order valence-electron chi connectivity index (χ2n) is 5.87. The summed E-state index contributed by atoms with van der Waals surface area (Å²) in [6, 6.07) is 3.35. The number of fused-ring (bicyclic) bond motifs is 4. The number of hydrogen-bond acceptors (Lipinski definition) is 3. The van der Waals surface area contributed by atoms with Crippen molar-refractivity contribution in [2.24, 2.45) is 11.1 Å². The monoisotopic (exact) mass is 289 g/mol. The number of hydrogen-bond donors (Lipinski definition) is 1. The lowest BCUT2D eigenvalue weighted by Gasteiger charge is -2.41. The highest BCUT2D eigenvalue weighted by Gasteiger charge is 2.46. The maximum Gasteiger partial charge on any atom is 0.130 e. The SMILES string of the molecule is CCC12CC=CCC(Cc3c(F)cc(OC)cc31)/C2=N/O. The van der Waals surface area contributed by atoms with E-state index in [1.807, 2.05) is 6.07 Å². The second-order valence-corrected chi connectivity index (χ2v) is 5.87. The van der Waals surface area contributed by atoms with E-state index < -0.39 is 5.41 Å². The van der Waals surface area contributed by atoms with Crippen LogP contribution in [0.3, 0.4) is 0 Å². The molecular weight excluding hydrogens is 269 g/mol. The van der Waals surface area contributed by atoms with E-state index in [2.05, 4.69) is 24.2 Å². The Labute approximate surface area is 124 Å². The molecule has 3 nitrogen and oxygen atoms in total. The number of ether oxygens (including phenoxy) is 1. The van der Waals surface area contributed by atoms with E-state index in [-0.39, 0.29) is 11.7 Å². The van der Waals surface area contributed by atoms with Crippen molar-refractivity contribution in [2.45, 2.75) is 38.0 Å². The quantitative estimate of drug-likeness (QED) is 0.510. The molecule has 2 unspecified atom stereocenters. The molecule has 4 heteroatoms. The number of allylic oxidation sites excluding steroid dienone is 2. The molecule has 0 fully saturated rings. The van der Waals surface area contributed by atoms with E-state index in [4.69, 9.17) is 4.74 Å². The van der Waals surface area contributed by atoms with Gasteiger partial charge in [-0.1, -0.05) is 24.2 Å². The molecule has 0 radical (unpaired) electrons. The average Bonchev–Trinajstić information content (AvgIpc) is 2.63. The van der Waals surface area contributed by atoms with E-state index in [0.29, 0.717) is 12.2 Å². The van der Waals surface area contributed by atoms with Gasteiger partial charge in [0.2, 0.25) is 0 Å². The molecule has 0 saturated heterocycles. The Morgan fingerprint density at radius 1 is 1.43 bits per heavy atom. The Bertz CT molecular complexity index is 623. The fourth-order valence-corrected chi connectivity index (χ4v) is 3.88. The summed E-state index contributed by atoms with van der Waals surface area (Å²) in [7, 11) is 1.54. The molecule has 0 aliphatic heterocycles. The minimum atomic E-state index is -0.421. The van der Waals surface area contributed by atoms with Crippen LogP contribution in [0.1, 0.15) is 37.3 Å². The molecule has 21 heavy (non-hydrogen) atoms. The van der Waals surface area contributed by atoms with Gasteiger partial charge >= 0.3 is 0 Å². The van der Waals surface area contributed by atoms with Gasteiger partial charge in [-0.05, 0) is 42.9 Å². The Morgan fingerprint density at radius 2 is 2.24 bits per heavy atom. The maximum atomic E-state index is 14.5. The summed E-state index contributed by atoms with van der Waals surface area (Å²) in [5, 5.41) is 13.2. The lowest BCUT2D eigenvalue weighted by Crippen LogP contribution is -2.44. The topological polar surface area (TPSA) is 41.8 Å². The third kappa shape index (κ3) is 1.96. The molecule has 2 aliphatic carbocycles. The summed E-state index contributed by atoms with van der Waals surface area (Å²) in [6.07, 6.45) is 7.13. The van der Waals surface area contributed by atoms with Crippen LogP contribution < -0.4 is 4.74 Å². The largest absolute Gasteiger partial charge is 0.497 e. The molecule has 2 aliphatic rings. The fraction of sp³-hybridized carbons (Fsp3) is 0.471. The Morgan fingerprint density at radius 3 is 2.90 bits per heavy atom. The first-order chi connectivity index (χ1) is 10.2. The minimum Gasteiger partial charge on any atom is -0.497 e. The van der Waals surface area contributed by atoms with Gasteiger partial charge in [0.05, 0.1) is 12.8 Å². The molecule has 2 atom stereocenters. The summed E-state index contributed by atoms with van der Waals surface area (Å²) in [6.45, 7) is 2.06. The van der Waals surface area contributed by atoms with E-state index in [1.165, 1.54) is 6.07 Å². The van der Waals surface area contributed by atoms with Gasteiger partial charge in [-0.2, -0.15) is 0 Å². The molecule has 1 N–H and O–H groups in total. The number of benzene rings is 1. The number of methoxy groups -OCH3 is 1. The Hall–Kier alpha value is -1.84. The molecule has 112 valence electrons. The van der Waals surface area contributed by atoms with Crippen LogP contribution in [0.15, 0.2) is 29.4 Å². The first-order valence-electron chi connectivity index (χ1n) is 7.40. The molecule has 3 rings (SSSR count). The van der Waals surface area contributed by atoms with Crippen LogP contribution in [0.5, 0.6) is 5.75 Å². The Kier molecular flexibility index (Phi) is 3.47. The molecule has 0 heterocycles. The number of nitrogens with zero attached hydrogens (tertiary/aromatic N) is 1. The zero-order valence-electron chi connectivity index (χ0n) is 12.4. The first-order valence-corrected chi connectivity index (χ1v) is 7.40. The zero-order valence-corrected chi connectivity index (χ0v) is 12.4. The predicted octanol–water partition coefficient (Wildman–Crippen LogP) is 3.83. The van der Waals surface area contributed by atoms with Crippen molar-refractivity contribution in [1.82, 2.24) is 0 Å². The van der Waals surface area contributed by atoms with E-state index in [1.54, 1.807) is 7.11 Å². The van der Waals surface area contributed by atoms with Crippen LogP contribution in [0, 0.1) is 11.7 Å². The first kappa shape index (κ1) is 14.1. The lowest BCUT2D eigenvalue weighted by molar-refractivity contribution is 0.302. The Balaban J connectivity index is 2.30. The molecule has 0 saturated carbocycles. The van der Waals surface area contributed by atoms with Gasteiger partial charge in [0, 0.05) is 17.4 Å². The van der Waals surface area contributed by atoms with Gasteiger partial charge in [-0.15, -0.1) is 0 Å². The van der Waals surface area contributed by atoms with Crippen LogP contribution >= 0.6 is 0 Å². The van der Waals surface area contributed by atoms with Crippen LogP contribution in [-0.4, -0.2) is 18.0 Å². The number of rotatable bonds is 2. The van der Waals surface area contributed by atoms with Crippen molar-refractivity contribution in [3.8, 4) is 5.75 Å². The predicted molar refractivity (Wildman–Crippen MR) is 79.7 cm³/mol. The third-order valence-electron chi connectivity index (χ3n) is 5.01. The van der Waals surface area contributed by atoms with Crippen LogP contribution in [0.2, 0.25) is 0 Å². The van der Waals surface area contributed by atoms with Crippen LogP contribution in [-0.2, 0) is 11.8 Å². The van der Waals surface area contributed by atoms with Crippen molar-refractivity contribution < 1.29 is 14.3 Å². The van der Waals surface area contributed by atoms with Gasteiger partial charge in [-0.3, -0.25) is 0 Å². The lowest BCUT2D eigenvalue weighted by atomic mass is 9.62. The van der Waals surface area contributed by atoms with Crippen molar-refractivity contribution in [3.05, 3.63) is 41.2 Å². The highest BCUT2D eigenvalue weighted by atomic mass is 19.1. The number of halogens is 1. The van der Waals surface area contributed by atoms with Crippen molar-refractivity contribution >= 4 is 5.71 Å². The van der Waals surface area contributed by atoms with Gasteiger partial charge < -0.3 is 9.94 Å². The highest BCUT2D eigenvalue weighted by Crippen LogP contribution is 2.47. The van der Waals surface area contributed by atoms with E-state index >= 15 is 0 Å². The molecule has 1 aromatic carbocycles. The highest BCUT2D eigenvalue weighted by molar-refractivity contribution is 5.99. The number of oxime groups is 1. The van der Waals surface area contributed by atoms with E-state index in [9.17, 15) is 9.60 Å². The molecule has 0 spiro atoms. The van der Waals surface area contributed by atoms with E-state index in [0.717, 1.165) is 36.1 Å². The third-order valence-corrected chi connectivity index (χ3v) is 5.01. The molecule has 2 bridgehead atoms.